The topological polar surface area (TPSA) is 61.4 Å². The van der Waals surface area contributed by atoms with E-state index in [1.807, 2.05) is 30.3 Å². The minimum absolute atomic E-state index is 0.0800. The highest BCUT2D eigenvalue weighted by Crippen LogP contribution is 2.12. The van der Waals surface area contributed by atoms with Gasteiger partial charge in [-0.15, -0.1) is 0 Å². The molecular formula is C22H26FN3O2. The molecule has 28 heavy (non-hydrogen) atoms. The number of amides is 2. The highest BCUT2D eigenvalue weighted by molar-refractivity contribution is 5.92. The first-order valence-electron chi connectivity index (χ1n) is 9.69. The number of rotatable bonds is 7. The zero-order valence-corrected chi connectivity index (χ0v) is 15.9. The fourth-order valence-corrected chi connectivity index (χ4v) is 3.37. The minimum Gasteiger partial charge on any atom is -0.353 e. The summed E-state index contributed by atoms with van der Waals surface area (Å²) in [6.45, 7) is 1.83. The molecule has 2 N–H and O–H groups in total. The van der Waals surface area contributed by atoms with Gasteiger partial charge < -0.3 is 10.6 Å². The van der Waals surface area contributed by atoms with Gasteiger partial charge >= 0.3 is 0 Å². The molecule has 0 saturated carbocycles. The smallest absolute Gasteiger partial charge is 0.238 e. The molecular weight excluding hydrogens is 357 g/mol. The third kappa shape index (κ3) is 6.46. The van der Waals surface area contributed by atoms with Crippen molar-refractivity contribution in [2.45, 2.75) is 31.7 Å². The fraction of sp³-hybridized carbons (Fsp3) is 0.364. The Kier molecular flexibility index (Phi) is 7.14. The number of halogens is 1. The van der Waals surface area contributed by atoms with Crippen LogP contribution in [0.25, 0.3) is 0 Å². The summed E-state index contributed by atoms with van der Waals surface area (Å²) in [6.07, 6.45) is 2.90. The van der Waals surface area contributed by atoms with E-state index >= 15 is 0 Å². The van der Waals surface area contributed by atoms with Gasteiger partial charge in [-0.05, 0) is 49.1 Å². The number of carbonyl (C=O) groups is 2. The number of nitrogens with zero attached hydrogens (tertiary/aromatic N) is 1. The van der Waals surface area contributed by atoms with Crippen LogP contribution in [0.3, 0.4) is 0 Å². The molecule has 0 aromatic heterocycles. The van der Waals surface area contributed by atoms with Crippen molar-refractivity contribution in [3.05, 3.63) is 66.0 Å². The number of likely N-dealkylation sites (tertiary alicyclic amines) is 1. The van der Waals surface area contributed by atoms with E-state index in [1.54, 1.807) is 12.1 Å². The molecule has 2 aromatic rings. The van der Waals surface area contributed by atoms with Gasteiger partial charge in [-0.1, -0.05) is 30.3 Å². The number of piperidine rings is 1. The summed E-state index contributed by atoms with van der Waals surface area (Å²) < 4.78 is 12.9. The Morgan fingerprint density at radius 2 is 1.64 bits per heavy atom. The first kappa shape index (κ1) is 20.0. The number of hydrogen-bond donors (Lipinski definition) is 2. The molecule has 2 aromatic carbocycles. The van der Waals surface area contributed by atoms with Crippen molar-refractivity contribution in [1.29, 1.82) is 0 Å². The van der Waals surface area contributed by atoms with Crippen molar-refractivity contribution < 1.29 is 14.0 Å². The van der Waals surface area contributed by atoms with Crippen LogP contribution in [0.2, 0.25) is 0 Å². The molecule has 5 nitrogen and oxygen atoms in total. The van der Waals surface area contributed by atoms with Gasteiger partial charge in [0.1, 0.15) is 5.82 Å². The Labute approximate surface area is 164 Å². The number of benzene rings is 2. The lowest BCUT2D eigenvalue weighted by Gasteiger charge is -2.31. The molecule has 0 radical (unpaired) electrons. The lowest BCUT2D eigenvalue weighted by Crippen LogP contribution is -2.46. The summed E-state index contributed by atoms with van der Waals surface area (Å²) in [5.41, 5.74) is 1.76. The predicted molar refractivity (Wildman–Crippen MR) is 107 cm³/mol. The van der Waals surface area contributed by atoms with Crippen molar-refractivity contribution >= 4 is 17.5 Å². The van der Waals surface area contributed by atoms with E-state index in [4.69, 9.17) is 0 Å². The average molecular weight is 383 g/mol. The van der Waals surface area contributed by atoms with E-state index in [-0.39, 0.29) is 23.7 Å². The highest BCUT2D eigenvalue weighted by atomic mass is 19.1. The van der Waals surface area contributed by atoms with Crippen LogP contribution in [-0.2, 0) is 16.0 Å². The lowest BCUT2D eigenvalue weighted by atomic mass is 10.0. The molecule has 1 aliphatic rings. The molecule has 6 heteroatoms. The largest absolute Gasteiger partial charge is 0.353 e. The third-order valence-electron chi connectivity index (χ3n) is 4.93. The van der Waals surface area contributed by atoms with Crippen molar-refractivity contribution in [2.75, 3.05) is 25.0 Å². The van der Waals surface area contributed by atoms with Crippen LogP contribution in [0.15, 0.2) is 54.6 Å². The van der Waals surface area contributed by atoms with Gasteiger partial charge in [-0.3, -0.25) is 14.5 Å². The molecule has 1 fully saturated rings. The Morgan fingerprint density at radius 3 is 2.32 bits per heavy atom. The van der Waals surface area contributed by atoms with Crippen molar-refractivity contribution in [2.24, 2.45) is 0 Å². The minimum atomic E-state index is -0.328. The lowest BCUT2D eigenvalue weighted by molar-refractivity contribution is -0.122. The normalized spacial score (nSPS) is 15.2. The summed E-state index contributed by atoms with van der Waals surface area (Å²) in [6, 6.07) is 15.9. The van der Waals surface area contributed by atoms with E-state index in [0.29, 0.717) is 18.7 Å². The van der Waals surface area contributed by atoms with Crippen molar-refractivity contribution in [3.63, 3.8) is 0 Å². The van der Waals surface area contributed by atoms with Crippen molar-refractivity contribution in [1.82, 2.24) is 10.2 Å². The number of anilines is 1. The van der Waals surface area contributed by atoms with E-state index in [2.05, 4.69) is 15.5 Å². The molecule has 1 heterocycles. The van der Waals surface area contributed by atoms with Crippen LogP contribution in [-0.4, -0.2) is 42.4 Å². The zero-order chi connectivity index (χ0) is 19.8. The molecule has 0 spiro atoms. The van der Waals surface area contributed by atoms with Crippen LogP contribution in [0.5, 0.6) is 0 Å². The van der Waals surface area contributed by atoms with Crippen LogP contribution in [0.1, 0.15) is 24.8 Å². The number of aryl methyl sites for hydroxylation is 1. The molecule has 0 bridgehead atoms. The summed E-state index contributed by atoms with van der Waals surface area (Å²) in [5, 5.41) is 5.88. The van der Waals surface area contributed by atoms with Crippen LogP contribution >= 0.6 is 0 Å². The second kappa shape index (κ2) is 9.99. The number of carbonyl (C=O) groups excluding carboxylic acids is 2. The van der Waals surface area contributed by atoms with E-state index < -0.39 is 0 Å². The number of nitrogens with one attached hydrogen (secondary N) is 2. The second-order valence-electron chi connectivity index (χ2n) is 7.16. The molecule has 0 aliphatic carbocycles. The number of hydrogen-bond acceptors (Lipinski definition) is 3. The van der Waals surface area contributed by atoms with E-state index in [0.717, 1.165) is 32.4 Å². The Morgan fingerprint density at radius 1 is 0.964 bits per heavy atom. The maximum absolute atomic E-state index is 12.9. The van der Waals surface area contributed by atoms with Gasteiger partial charge in [-0.2, -0.15) is 0 Å². The van der Waals surface area contributed by atoms with Gasteiger partial charge in [-0.25, -0.2) is 4.39 Å². The van der Waals surface area contributed by atoms with Gasteiger partial charge in [0.15, 0.2) is 0 Å². The summed E-state index contributed by atoms with van der Waals surface area (Å²) in [4.78, 5) is 26.4. The molecule has 2 amide bonds. The maximum Gasteiger partial charge on any atom is 0.238 e. The Bertz CT molecular complexity index is 772. The molecule has 0 atom stereocenters. The standard InChI is InChI=1S/C22H26FN3O2/c23-18-7-9-19(10-8-18)25-22(28)16-26-14-12-20(13-15-26)24-21(27)11-6-17-4-2-1-3-5-17/h1-5,7-10,20H,6,11-16H2,(H,24,27)(H,25,28). The molecule has 0 unspecified atom stereocenters. The second-order valence-corrected chi connectivity index (χ2v) is 7.16. The van der Waals surface area contributed by atoms with Gasteiger partial charge in [0, 0.05) is 31.2 Å². The first-order valence-corrected chi connectivity index (χ1v) is 9.69. The molecule has 3 rings (SSSR count). The van der Waals surface area contributed by atoms with E-state index in [9.17, 15) is 14.0 Å². The van der Waals surface area contributed by atoms with Crippen LogP contribution in [0, 0.1) is 5.82 Å². The average Bonchev–Trinajstić information content (AvgIpc) is 2.70. The van der Waals surface area contributed by atoms with Gasteiger partial charge in [0.05, 0.1) is 6.54 Å². The summed E-state index contributed by atoms with van der Waals surface area (Å²) >= 11 is 0. The van der Waals surface area contributed by atoms with Crippen LogP contribution < -0.4 is 10.6 Å². The fourth-order valence-electron chi connectivity index (χ4n) is 3.37. The monoisotopic (exact) mass is 383 g/mol. The maximum atomic E-state index is 12.9. The Hall–Kier alpha value is -2.73. The molecule has 1 saturated heterocycles. The SMILES string of the molecule is O=C(CN1CCC(NC(=O)CCc2ccccc2)CC1)Nc1ccc(F)cc1. The Balaban J connectivity index is 1.34. The highest BCUT2D eigenvalue weighted by Gasteiger charge is 2.22. The third-order valence-corrected chi connectivity index (χ3v) is 4.93. The molecule has 1 aliphatic heterocycles. The first-order chi connectivity index (χ1) is 13.6. The van der Waals surface area contributed by atoms with Crippen LogP contribution in [0.4, 0.5) is 10.1 Å². The molecule has 148 valence electrons. The summed E-state index contributed by atoms with van der Waals surface area (Å²) in [7, 11) is 0. The quantitative estimate of drug-likeness (QED) is 0.773. The van der Waals surface area contributed by atoms with E-state index in [1.165, 1.54) is 17.7 Å². The summed E-state index contributed by atoms with van der Waals surface area (Å²) in [5.74, 6) is -0.362. The zero-order valence-electron chi connectivity index (χ0n) is 15.9. The van der Waals surface area contributed by atoms with Gasteiger partial charge in [0.2, 0.25) is 11.8 Å². The predicted octanol–water partition coefficient (Wildman–Crippen LogP) is 2.98. The van der Waals surface area contributed by atoms with Gasteiger partial charge in [0.25, 0.3) is 0 Å². The van der Waals surface area contributed by atoms with Crippen molar-refractivity contribution in [3.8, 4) is 0 Å².